The van der Waals surface area contributed by atoms with Gasteiger partial charge in [-0.1, -0.05) is 30.3 Å². The number of aromatic nitrogens is 2. The Balaban J connectivity index is 1.72. The minimum absolute atomic E-state index is 0.0249. The Morgan fingerprint density at radius 2 is 2.04 bits per heavy atom. The van der Waals surface area contributed by atoms with Crippen LogP contribution in [0.5, 0.6) is 0 Å². The van der Waals surface area contributed by atoms with Gasteiger partial charge in [-0.2, -0.15) is 0 Å². The molecule has 1 aromatic heterocycles. The molecule has 3 rings (SSSR count). The van der Waals surface area contributed by atoms with E-state index in [1.165, 1.54) is 6.33 Å². The molecule has 8 heteroatoms. The molecule has 0 aliphatic carbocycles. The van der Waals surface area contributed by atoms with Gasteiger partial charge < -0.3 is 20.2 Å². The zero-order valence-corrected chi connectivity index (χ0v) is 14.5. The second-order valence-corrected chi connectivity index (χ2v) is 6.22. The number of anilines is 2. The lowest BCUT2D eigenvalue weighted by molar-refractivity contribution is -0.138. The van der Waals surface area contributed by atoms with Crippen LogP contribution in [0.3, 0.4) is 0 Å². The monoisotopic (exact) mass is 355 g/mol. The molecule has 1 aliphatic rings. The van der Waals surface area contributed by atoms with E-state index in [2.05, 4.69) is 15.3 Å². The average molecular weight is 355 g/mol. The number of carboxylic acid groups (broad SMARTS) is 1. The summed E-state index contributed by atoms with van der Waals surface area (Å²) in [5.41, 5.74) is 0.923. The van der Waals surface area contributed by atoms with E-state index in [9.17, 15) is 14.7 Å². The summed E-state index contributed by atoms with van der Waals surface area (Å²) in [6, 6.07) is 10.3. The second-order valence-electron chi connectivity index (χ2n) is 6.22. The minimum atomic E-state index is -0.955. The predicted octanol–water partition coefficient (Wildman–Crippen LogP) is 0.863. The number of carbonyl (C=O) groups excluding carboxylic acids is 1. The summed E-state index contributed by atoms with van der Waals surface area (Å²) in [7, 11) is 1.77. The van der Waals surface area contributed by atoms with E-state index in [0.717, 1.165) is 5.56 Å². The quantitative estimate of drug-likeness (QED) is 0.793. The molecular weight excluding hydrogens is 334 g/mol. The Morgan fingerprint density at radius 3 is 2.73 bits per heavy atom. The van der Waals surface area contributed by atoms with Gasteiger partial charge in [0.05, 0.1) is 6.54 Å². The summed E-state index contributed by atoms with van der Waals surface area (Å²) >= 11 is 0. The van der Waals surface area contributed by atoms with Crippen LogP contribution in [0, 0.1) is 0 Å². The summed E-state index contributed by atoms with van der Waals surface area (Å²) in [5.74, 6) is 0.0955. The molecule has 0 radical (unpaired) electrons. The molecule has 1 atom stereocenters. The van der Waals surface area contributed by atoms with E-state index in [-0.39, 0.29) is 12.5 Å². The maximum atomic E-state index is 11.9. The molecule has 1 amide bonds. The number of carbonyl (C=O) groups is 2. The number of piperazine rings is 1. The first kappa shape index (κ1) is 17.7. The van der Waals surface area contributed by atoms with Gasteiger partial charge in [0.1, 0.15) is 24.0 Å². The number of benzene rings is 1. The molecule has 0 saturated carbocycles. The van der Waals surface area contributed by atoms with Crippen molar-refractivity contribution in [3.05, 3.63) is 48.3 Å². The number of rotatable bonds is 6. The lowest BCUT2D eigenvalue weighted by atomic mass is 10.1. The summed E-state index contributed by atoms with van der Waals surface area (Å²) in [5, 5.41) is 12.5. The first-order chi connectivity index (χ1) is 12.5. The van der Waals surface area contributed by atoms with Crippen molar-refractivity contribution >= 4 is 23.5 Å². The molecule has 0 bridgehead atoms. The number of nitrogens with one attached hydrogen (secondary N) is 1. The molecule has 2 aromatic rings. The van der Waals surface area contributed by atoms with Crippen LogP contribution >= 0.6 is 0 Å². The normalized spacial score (nSPS) is 15.7. The number of carboxylic acids is 1. The maximum Gasteiger partial charge on any atom is 0.326 e. The van der Waals surface area contributed by atoms with Crippen molar-refractivity contribution in [1.82, 2.24) is 14.9 Å². The van der Waals surface area contributed by atoms with Gasteiger partial charge in [0.2, 0.25) is 5.91 Å². The summed E-state index contributed by atoms with van der Waals surface area (Å²) < 4.78 is 0. The van der Waals surface area contributed by atoms with Gasteiger partial charge in [0, 0.05) is 32.6 Å². The van der Waals surface area contributed by atoms with Crippen molar-refractivity contribution in [3.8, 4) is 0 Å². The third-order valence-electron chi connectivity index (χ3n) is 4.34. The molecule has 1 aliphatic heterocycles. The molecule has 2 heterocycles. The number of nitrogens with zero attached hydrogens (tertiary/aromatic N) is 4. The van der Waals surface area contributed by atoms with E-state index in [4.69, 9.17) is 0 Å². The molecule has 1 fully saturated rings. The van der Waals surface area contributed by atoms with Crippen LogP contribution in [-0.2, 0) is 16.0 Å². The Bertz CT molecular complexity index is 783. The van der Waals surface area contributed by atoms with Gasteiger partial charge in [0.15, 0.2) is 0 Å². The maximum absolute atomic E-state index is 11.9. The number of hydrogen-bond acceptors (Lipinski definition) is 6. The summed E-state index contributed by atoms with van der Waals surface area (Å²) in [4.78, 5) is 35.4. The first-order valence-electron chi connectivity index (χ1n) is 8.37. The van der Waals surface area contributed by atoms with E-state index >= 15 is 0 Å². The molecule has 136 valence electrons. The number of hydrogen-bond donors (Lipinski definition) is 2. The van der Waals surface area contributed by atoms with E-state index in [1.807, 2.05) is 35.2 Å². The van der Waals surface area contributed by atoms with Gasteiger partial charge in [-0.15, -0.1) is 0 Å². The van der Waals surface area contributed by atoms with Crippen molar-refractivity contribution in [2.45, 2.75) is 12.5 Å². The van der Waals surface area contributed by atoms with Crippen LogP contribution in [0.15, 0.2) is 42.7 Å². The lowest BCUT2D eigenvalue weighted by Crippen LogP contribution is -2.48. The highest BCUT2D eigenvalue weighted by atomic mass is 16.4. The topological polar surface area (TPSA) is 98.7 Å². The van der Waals surface area contributed by atoms with Crippen LogP contribution in [0.1, 0.15) is 5.56 Å². The number of aliphatic carboxylic acids is 1. The highest BCUT2D eigenvalue weighted by molar-refractivity contribution is 5.82. The lowest BCUT2D eigenvalue weighted by Gasteiger charge is -2.32. The van der Waals surface area contributed by atoms with Crippen molar-refractivity contribution in [2.75, 3.05) is 36.9 Å². The Hall–Kier alpha value is -3.16. The predicted molar refractivity (Wildman–Crippen MR) is 97.1 cm³/mol. The number of likely N-dealkylation sites (N-methyl/N-ethyl adjacent to an activating group) is 1. The van der Waals surface area contributed by atoms with Crippen molar-refractivity contribution in [1.29, 1.82) is 0 Å². The third-order valence-corrected chi connectivity index (χ3v) is 4.34. The fourth-order valence-corrected chi connectivity index (χ4v) is 2.78. The van der Waals surface area contributed by atoms with Crippen LogP contribution in [0.2, 0.25) is 0 Å². The Kier molecular flexibility index (Phi) is 5.31. The molecule has 1 saturated heterocycles. The van der Waals surface area contributed by atoms with E-state index < -0.39 is 12.0 Å². The fraction of sp³-hybridized carbons (Fsp3) is 0.333. The molecule has 1 aromatic carbocycles. The molecule has 0 spiro atoms. The van der Waals surface area contributed by atoms with E-state index in [0.29, 0.717) is 31.1 Å². The molecule has 8 nitrogen and oxygen atoms in total. The summed E-state index contributed by atoms with van der Waals surface area (Å²) in [6.45, 7) is 1.54. The standard InChI is InChI=1S/C18H21N5O3/c1-22-7-8-23(11-17(22)24)16-10-15(19-12-20-16)21-14(18(25)26)9-13-5-3-2-4-6-13/h2-6,10,12,14H,7-9,11H2,1H3,(H,25,26)(H,19,20,21)/t14-/m0/s1. The Morgan fingerprint density at radius 1 is 1.27 bits per heavy atom. The van der Waals surface area contributed by atoms with Crippen LogP contribution in [0.4, 0.5) is 11.6 Å². The zero-order valence-electron chi connectivity index (χ0n) is 14.5. The molecule has 2 N–H and O–H groups in total. The Labute approximate surface area is 151 Å². The molecular formula is C18H21N5O3. The van der Waals surface area contributed by atoms with Gasteiger partial charge in [-0.3, -0.25) is 4.79 Å². The highest BCUT2D eigenvalue weighted by Crippen LogP contribution is 2.17. The van der Waals surface area contributed by atoms with Crippen LogP contribution in [-0.4, -0.2) is 64.6 Å². The average Bonchev–Trinajstić information content (AvgIpc) is 2.64. The second kappa shape index (κ2) is 7.81. The van der Waals surface area contributed by atoms with Gasteiger partial charge in [-0.05, 0) is 5.56 Å². The zero-order chi connectivity index (χ0) is 18.5. The smallest absolute Gasteiger partial charge is 0.326 e. The van der Waals surface area contributed by atoms with Crippen LogP contribution < -0.4 is 10.2 Å². The van der Waals surface area contributed by atoms with Crippen molar-refractivity contribution in [3.63, 3.8) is 0 Å². The van der Waals surface area contributed by atoms with Crippen molar-refractivity contribution in [2.24, 2.45) is 0 Å². The minimum Gasteiger partial charge on any atom is -0.480 e. The number of amides is 1. The van der Waals surface area contributed by atoms with Gasteiger partial charge in [-0.25, -0.2) is 14.8 Å². The SMILES string of the molecule is CN1CCN(c2cc(N[C@@H](Cc3ccccc3)C(=O)O)ncn2)CC1=O. The molecule has 0 unspecified atom stereocenters. The van der Waals surface area contributed by atoms with Gasteiger partial charge in [0.25, 0.3) is 0 Å². The van der Waals surface area contributed by atoms with Crippen molar-refractivity contribution < 1.29 is 14.7 Å². The fourth-order valence-electron chi connectivity index (χ4n) is 2.78. The third kappa shape index (κ3) is 4.27. The largest absolute Gasteiger partial charge is 0.480 e. The molecule has 26 heavy (non-hydrogen) atoms. The highest BCUT2D eigenvalue weighted by Gasteiger charge is 2.23. The van der Waals surface area contributed by atoms with Gasteiger partial charge >= 0.3 is 5.97 Å². The van der Waals surface area contributed by atoms with E-state index in [1.54, 1.807) is 18.0 Å². The van der Waals surface area contributed by atoms with Crippen LogP contribution in [0.25, 0.3) is 0 Å². The summed E-state index contributed by atoms with van der Waals surface area (Å²) in [6.07, 6.45) is 1.71. The first-order valence-corrected chi connectivity index (χ1v) is 8.37.